The van der Waals surface area contributed by atoms with Crippen LogP contribution in [0.25, 0.3) is 0 Å². The third-order valence-corrected chi connectivity index (χ3v) is 6.20. The summed E-state index contributed by atoms with van der Waals surface area (Å²) in [5.74, 6) is 1.58. The summed E-state index contributed by atoms with van der Waals surface area (Å²) < 4.78 is 0. The minimum Gasteiger partial charge on any atom is -0.342 e. The SMILES string of the molecule is CN(C(=O)C1CCN(C(=O)C2CCCS2)CC1)c1ccccc1. The summed E-state index contributed by atoms with van der Waals surface area (Å²) in [4.78, 5) is 28.8. The van der Waals surface area contributed by atoms with E-state index in [9.17, 15) is 9.59 Å². The van der Waals surface area contributed by atoms with E-state index in [0.717, 1.165) is 50.2 Å². The van der Waals surface area contributed by atoms with E-state index in [1.165, 1.54) is 0 Å². The minimum absolute atomic E-state index is 0.0282. The van der Waals surface area contributed by atoms with Crippen LogP contribution in [0.2, 0.25) is 0 Å². The maximum Gasteiger partial charge on any atom is 0.235 e. The van der Waals surface area contributed by atoms with Crippen LogP contribution in [-0.2, 0) is 9.59 Å². The van der Waals surface area contributed by atoms with Crippen molar-refractivity contribution in [2.24, 2.45) is 5.92 Å². The zero-order chi connectivity index (χ0) is 16.2. The number of piperidine rings is 1. The van der Waals surface area contributed by atoms with Gasteiger partial charge in [0.15, 0.2) is 0 Å². The fourth-order valence-corrected chi connectivity index (χ4v) is 4.62. The molecule has 2 saturated heterocycles. The molecule has 124 valence electrons. The van der Waals surface area contributed by atoms with Crippen molar-refractivity contribution in [3.63, 3.8) is 0 Å². The molecule has 1 atom stereocenters. The Morgan fingerprint density at radius 3 is 2.43 bits per heavy atom. The van der Waals surface area contributed by atoms with Crippen LogP contribution in [0.4, 0.5) is 5.69 Å². The molecule has 0 saturated carbocycles. The second-order valence-corrected chi connectivity index (χ2v) is 7.64. The third kappa shape index (κ3) is 3.71. The molecule has 0 radical (unpaired) electrons. The van der Waals surface area contributed by atoms with Crippen molar-refractivity contribution in [3.8, 4) is 0 Å². The zero-order valence-corrected chi connectivity index (χ0v) is 14.4. The van der Waals surface area contributed by atoms with Crippen molar-refractivity contribution in [1.29, 1.82) is 0 Å². The zero-order valence-electron chi connectivity index (χ0n) is 13.6. The molecule has 2 amide bonds. The molecule has 2 aliphatic rings. The number of likely N-dealkylation sites (tertiary alicyclic amines) is 1. The van der Waals surface area contributed by atoms with Crippen LogP contribution in [0.5, 0.6) is 0 Å². The molecular formula is C18H24N2O2S. The van der Waals surface area contributed by atoms with Gasteiger partial charge in [-0.2, -0.15) is 0 Å². The third-order valence-electron chi connectivity index (χ3n) is 4.84. The Labute approximate surface area is 142 Å². The summed E-state index contributed by atoms with van der Waals surface area (Å²) in [6.45, 7) is 1.43. The van der Waals surface area contributed by atoms with E-state index in [4.69, 9.17) is 0 Å². The molecule has 1 unspecified atom stereocenters. The van der Waals surface area contributed by atoms with E-state index in [2.05, 4.69) is 0 Å². The van der Waals surface area contributed by atoms with Gasteiger partial charge in [0.2, 0.25) is 11.8 Å². The normalized spacial score (nSPS) is 22.1. The molecule has 0 aliphatic carbocycles. The highest BCUT2D eigenvalue weighted by atomic mass is 32.2. The molecule has 23 heavy (non-hydrogen) atoms. The van der Waals surface area contributed by atoms with Crippen LogP contribution >= 0.6 is 11.8 Å². The van der Waals surface area contributed by atoms with Gasteiger partial charge in [0.05, 0.1) is 5.25 Å². The van der Waals surface area contributed by atoms with Crippen molar-refractivity contribution in [1.82, 2.24) is 4.90 Å². The lowest BCUT2D eigenvalue weighted by molar-refractivity contribution is -0.134. The maximum atomic E-state index is 12.6. The number of anilines is 1. The standard InChI is InChI=1S/C18H24N2O2S/c1-19(15-6-3-2-4-7-15)17(21)14-9-11-20(12-10-14)18(22)16-8-5-13-23-16/h2-4,6-7,14,16H,5,8-13H2,1H3. The van der Waals surface area contributed by atoms with E-state index in [-0.39, 0.29) is 23.0 Å². The molecule has 1 aromatic carbocycles. The van der Waals surface area contributed by atoms with Crippen molar-refractivity contribution in [2.75, 3.05) is 30.8 Å². The monoisotopic (exact) mass is 332 g/mol. The summed E-state index contributed by atoms with van der Waals surface area (Å²) in [7, 11) is 1.84. The molecule has 0 aromatic heterocycles. The highest BCUT2D eigenvalue weighted by molar-refractivity contribution is 8.00. The van der Waals surface area contributed by atoms with Crippen LogP contribution in [-0.4, -0.2) is 47.9 Å². The maximum absolute atomic E-state index is 12.6. The molecule has 3 rings (SSSR count). The lowest BCUT2D eigenvalue weighted by atomic mass is 9.95. The van der Waals surface area contributed by atoms with E-state index < -0.39 is 0 Å². The fraction of sp³-hybridized carbons (Fsp3) is 0.556. The molecule has 2 fully saturated rings. The van der Waals surface area contributed by atoms with Gasteiger partial charge >= 0.3 is 0 Å². The lowest BCUT2D eigenvalue weighted by Gasteiger charge is -2.34. The van der Waals surface area contributed by atoms with Crippen LogP contribution in [0, 0.1) is 5.92 Å². The Bertz CT molecular complexity index is 549. The first-order valence-corrected chi connectivity index (χ1v) is 9.44. The lowest BCUT2D eigenvalue weighted by Crippen LogP contribution is -2.45. The van der Waals surface area contributed by atoms with Gasteiger partial charge in [-0.25, -0.2) is 0 Å². The molecule has 2 aliphatic heterocycles. The number of hydrogen-bond donors (Lipinski definition) is 0. The average Bonchev–Trinajstić information content (AvgIpc) is 3.15. The van der Waals surface area contributed by atoms with E-state index in [1.54, 1.807) is 16.7 Å². The summed E-state index contributed by atoms with van der Waals surface area (Å²) >= 11 is 1.79. The van der Waals surface area contributed by atoms with Gasteiger partial charge in [0, 0.05) is 31.7 Å². The number of benzene rings is 1. The number of carbonyl (C=O) groups is 2. The van der Waals surface area contributed by atoms with E-state index in [1.807, 2.05) is 42.3 Å². The molecule has 5 heteroatoms. The molecule has 1 aromatic rings. The number of para-hydroxylation sites is 1. The van der Waals surface area contributed by atoms with Gasteiger partial charge in [0.25, 0.3) is 0 Å². The average molecular weight is 332 g/mol. The Balaban J connectivity index is 1.54. The first kappa shape index (κ1) is 16.4. The highest BCUT2D eigenvalue weighted by Gasteiger charge is 2.33. The van der Waals surface area contributed by atoms with Gasteiger partial charge < -0.3 is 9.80 Å². The summed E-state index contributed by atoms with van der Waals surface area (Å²) in [6.07, 6.45) is 3.72. The summed E-state index contributed by atoms with van der Waals surface area (Å²) in [5.41, 5.74) is 0.929. The fourth-order valence-electron chi connectivity index (χ4n) is 3.38. The van der Waals surface area contributed by atoms with E-state index in [0.29, 0.717) is 0 Å². The topological polar surface area (TPSA) is 40.6 Å². The number of nitrogens with zero attached hydrogens (tertiary/aromatic N) is 2. The molecule has 4 nitrogen and oxygen atoms in total. The van der Waals surface area contributed by atoms with Crippen LogP contribution in [0.3, 0.4) is 0 Å². The highest BCUT2D eigenvalue weighted by Crippen LogP contribution is 2.30. The van der Waals surface area contributed by atoms with Gasteiger partial charge in [-0.15, -0.1) is 11.8 Å². The van der Waals surface area contributed by atoms with Crippen molar-refractivity contribution < 1.29 is 9.59 Å². The second-order valence-electron chi connectivity index (χ2n) is 6.33. The Hall–Kier alpha value is -1.49. The van der Waals surface area contributed by atoms with Crippen molar-refractivity contribution in [2.45, 2.75) is 30.9 Å². The first-order chi connectivity index (χ1) is 11.2. The number of amides is 2. The Morgan fingerprint density at radius 1 is 1.13 bits per heavy atom. The Morgan fingerprint density at radius 2 is 1.83 bits per heavy atom. The van der Waals surface area contributed by atoms with Crippen LogP contribution in [0.1, 0.15) is 25.7 Å². The van der Waals surface area contributed by atoms with Crippen molar-refractivity contribution >= 4 is 29.3 Å². The smallest absolute Gasteiger partial charge is 0.235 e. The Kier molecular flexibility index (Phi) is 5.26. The number of hydrogen-bond acceptors (Lipinski definition) is 3. The first-order valence-electron chi connectivity index (χ1n) is 8.40. The molecule has 0 N–H and O–H groups in total. The number of rotatable bonds is 3. The minimum atomic E-state index is 0.0282. The summed E-state index contributed by atoms with van der Waals surface area (Å²) in [6, 6.07) is 9.74. The summed E-state index contributed by atoms with van der Waals surface area (Å²) in [5, 5.41) is 0.161. The van der Waals surface area contributed by atoms with Crippen LogP contribution < -0.4 is 4.90 Å². The molecule has 2 heterocycles. The largest absolute Gasteiger partial charge is 0.342 e. The molecule has 0 bridgehead atoms. The number of carbonyl (C=O) groups excluding carboxylic acids is 2. The molecular weight excluding hydrogens is 308 g/mol. The van der Waals surface area contributed by atoms with Gasteiger partial charge in [-0.3, -0.25) is 9.59 Å². The van der Waals surface area contributed by atoms with Crippen molar-refractivity contribution in [3.05, 3.63) is 30.3 Å². The predicted molar refractivity (Wildman–Crippen MR) is 94.6 cm³/mol. The van der Waals surface area contributed by atoms with Gasteiger partial charge in [0.1, 0.15) is 0 Å². The quantitative estimate of drug-likeness (QED) is 0.854. The second kappa shape index (κ2) is 7.39. The van der Waals surface area contributed by atoms with Gasteiger partial charge in [-0.1, -0.05) is 18.2 Å². The number of thioether (sulfide) groups is 1. The van der Waals surface area contributed by atoms with Gasteiger partial charge in [-0.05, 0) is 43.6 Å². The van der Waals surface area contributed by atoms with Crippen LogP contribution in [0.15, 0.2) is 30.3 Å². The predicted octanol–water partition coefficient (Wildman–Crippen LogP) is 2.78. The van der Waals surface area contributed by atoms with E-state index >= 15 is 0 Å². The molecule has 0 spiro atoms.